The number of amides is 1. The van der Waals surface area contributed by atoms with E-state index in [2.05, 4.69) is 47.7 Å². The van der Waals surface area contributed by atoms with E-state index < -0.39 is 11.7 Å². The molecule has 2 saturated heterocycles. The zero-order valence-electron chi connectivity index (χ0n) is 21.9. The van der Waals surface area contributed by atoms with Crippen LogP contribution in [0.1, 0.15) is 47.2 Å². The van der Waals surface area contributed by atoms with E-state index in [4.69, 9.17) is 4.74 Å². The molecule has 212 valence electrons. The molecular formula is C29H31F3IN5O2. The molecule has 0 aliphatic carbocycles. The summed E-state index contributed by atoms with van der Waals surface area (Å²) in [5, 5.41) is 3.15. The first-order chi connectivity index (χ1) is 19.2. The molecule has 2 atom stereocenters. The van der Waals surface area contributed by atoms with Crippen molar-refractivity contribution in [2.45, 2.75) is 54.6 Å². The van der Waals surface area contributed by atoms with Gasteiger partial charge in [-0.25, -0.2) is 4.98 Å². The number of carbonyl (C=O) groups excluding carboxylic acids is 1. The first-order valence-corrected chi connectivity index (χ1v) is 14.6. The lowest BCUT2D eigenvalue weighted by Crippen LogP contribution is -2.47. The van der Waals surface area contributed by atoms with Crippen molar-refractivity contribution in [2.75, 3.05) is 24.5 Å². The Morgan fingerprint density at radius 1 is 1.00 bits per heavy atom. The summed E-state index contributed by atoms with van der Waals surface area (Å²) in [5.41, 5.74) is 1.85. The summed E-state index contributed by atoms with van der Waals surface area (Å²) in [4.78, 5) is 25.8. The number of anilines is 1. The summed E-state index contributed by atoms with van der Waals surface area (Å²) in [6.07, 6.45) is 3.99. The molecule has 40 heavy (non-hydrogen) atoms. The molecule has 2 unspecified atom stereocenters. The number of nitrogens with zero attached hydrogens (tertiary/aromatic N) is 4. The van der Waals surface area contributed by atoms with Crippen LogP contribution in [-0.4, -0.2) is 56.6 Å². The van der Waals surface area contributed by atoms with Crippen molar-refractivity contribution < 1.29 is 22.7 Å². The van der Waals surface area contributed by atoms with Crippen molar-refractivity contribution in [3.63, 3.8) is 0 Å². The van der Waals surface area contributed by atoms with Crippen molar-refractivity contribution in [1.29, 1.82) is 0 Å². The molecule has 4 heterocycles. The van der Waals surface area contributed by atoms with Gasteiger partial charge in [0, 0.05) is 75.4 Å². The van der Waals surface area contributed by atoms with Crippen LogP contribution in [0.15, 0.2) is 67.1 Å². The fourth-order valence-electron chi connectivity index (χ4n) is 5.11. The Morgan fingerprint density at radius 2 is 1.73 bits per heavy atom. The predicted molar refractivity (Wildman–Crippen MR) is 154 cm³/mol. The molecule has 1 amide bonds. The Hall–Kier alpha value is -2.93. The van der Waals surface area contributed by atoms with Crippen molar-refractivity contribution >= 4 is 34.2 Å². The summed E-state index contributed by atoms with van der Waals surface area (Å²) in [6, 6.07) is 12.9. The highest BCUT2D eigenvalue weighted by Crippen LogP contribution is 2.31. The highest BCUT2D eigenvalue weighted by Gasteiger charge is 2.31. The number of alkyl halides is 4. The fraction of sp³-hybridized carbons (Fsp3) is 0.414. The van der Waals surface area contributed by atoms with Gasteiger partial charge in [-0.05, 0) is 60.9 Å². The second-order valence-electron chi connectivity index (χ2n) is 10.2. The summed E-state index contributed by atoms with van der Waals surface area (Å²) < 4.78 is 44.8. The average molecular weight is 665 g/mol. The van der Waals surface area contributed by atoms with Crippen LogP contribution in [0.5, 0.6) is 5.88 Å². The molecule has 0 saturated carbocycles. The van der Waals surface area contributed by atoms with E-state index in [1.807, 2.05) is 24.5 Å². The maximum atomic E-state index is 12.9. The molecule has 2 aromatic heterocycles. The predicted octanol–water partition coefficient (Wildman–Crippen LogP) is 5.70. The zero-order chi connectivity index (χ0) is 28.1. The molecule has 1 aromatic carbocycles. The van der Waals surface area contributed by atoms with Gasteiger partial charge in [0.25, 0.3) is 5.91 Å². The van der Waals surface area contributed by atoms with E-state index in [1.54, 1.807) is 18.3 Å². The standard InChI is InChI=1S/C29H31F3IN5O2/c30-29(31,32)22-2-4-24(5-3-22)37-15-10-25(11-16-37)40-27-6-1-21(18-35-27)28(39)36-23-9-14-38(26(33)17-23)19-20-7-12-34-13-8-20/h1-8,12-13,18,23,25-26H,9-11,14-17,19H2,(H,36,39). The number of hydrogen-bond donors (Lipinski definition) is 1. The Labute approximate surface area is 245 Å². The minimum atomic E-state index is -4.33. The molecule has 0 radical (unpaired) electrons. The average Bonchev–Trinajstić information content (AvgIpc) is 2.95. The van der Waals surface area contributed by atoms with Gasteiger partial charge in [0.1, 0.15) is 6.10 Å². The van der Waals surface area contributed by atoms with Gasteiger partial charge < -0.3 is 15.0 Å². The largest absolute Gasteiger partial charge is 0.474 e. The molecule has 0 spiro atoms. The van der Waals surface area contributed by atoms with Crippen molar-refractivity contribution in [3.05, 3.63) is 83.8 Å². The van der Waals surface area contributed by atoms with E-state index >= 15 is 0 Å². The molecular weight excluding hydrogens is 634 g/mol. The summed E-state index contributed by atoms with van der Waals surface area (Å²) in [6.45, 7) is 3.13. The number of hydrogen-bond acceptors (Lipinski definition) is 6. The number of rotatable bonds is 7. The van der Waals surface area contributed by atoms with Gasteiger partial charge in [-0.3, -0.25) is 14.7 Å². The molecule has 5 rings (SSSR count). The SMILES string of the molecule is O=C(NC1CCN(Cc2ccncc2)C(I)C1)c1ccc(OC2CCN(c3ccc(C(F)(F)F)cc3)CC2)nc1. The molecule has 2 aliphatic heterocycles. The number of aromatic nitrogens is 2. The second-order valence-corrected chi connectivity index (χ2v) is 11.6. The van der Waals surface area contributed by atoms with Crippen LogP contribution in [0.2, 0.25) is 0 Å². The van der Waals surface area contributed by atoms with Crippen LogP contribution < -0.4 is 15.0 Å². The Kier molecular flexibility index (Phi) is 9.09. The van der Waals surface area contributed by atoms with E-state index in [0.29, 0.717) is 28.6 Å². The number of benzene rings is 1. The minimum absolute atomic E-state index is 0.0456. The number of carbonyl (C=O) groups is 1. The van der Waals surface area contributed by atoms with Gasteiger partial charge in [0.05, 0.1) is 15.2 Å². The zero-order valence-corrected chi connectivity index (χ0v) is 24.0. The molecule has 2 fully saturated rings. The van der Waals surface area contributed by atoms with Gasteiger partial charge in [-0.15, -0.1) is 0 Å². The van der Waals surface area contributed by atoms with E-state index in [-0.39, 0.29) is 18.1 Å². The van der Waals surface area contributed by atoms with E-state index in [9.17, 15) is 18.0 Å². The maximum absolute atomic E-state index is 12.9. The monoisotopic (exact) mass is 665 g/mol. The van der Waals surface area contributed by atoms with Crippen LogP contribution in [0.3, 0.4) is 0 Å². The molecule has 3 aromatic rings. The van der Waals surface area contributed by atoms with Gasteiger partial charge in [0.2, 0.25) is 5.88 Å². The van der Waals surface area contributed by atoms with Gasteiger partial charge in [-0.2, -0.15) is 13.2 Å². The maximum Gasteiger partial charge on any atom is 0.416 e. The fourth-order valence-corrected chi connectivity index (χ4v) is 6.20. The van der Waals surface area contributed by atoms with Crippen LogP contribution in [0.4, 0.5) is 18.9 Å². The lowest BCUT2D eigenvalue weighted by Gasteiger charge is -2.36. The Balaban J connectivity index is 1.06. The van der Waals surface area contributed by atoms with Crippen molar-refractivity contribution in [2.24, 2.45) is 0 Å². The van der Waals surface area contributed by atoms with Gasteiger partial charge in [-0.1, -0.05) is 22.6 Å². The Morgan fingerprint density at radius 3 is 2.35 bits per heavy atom. The second kappa shape index (κ2) is 12.7. The van der Waals surface area contributed by atoms with Gasteiger partial charge in [0.15, 0.2) is 0 Å². The quantitative estimate of drug-likeness (QED) is 0.199. The lowest BCUT2D eigenvalue weighted by molar-refractivity contribution is -0.137. The minimum Gasteiger partial charge on any atom is -0.474 e. The molecule has 7 nitrogen and oxygen atoms in total. The van der Waals surface area contributed by atoms with E-state index in [1.165, 1.54) is 17.7 Å². The van der Waals surface area contributed by atoms with Crippen LogP contribution in [-0.2, 0) is 12.7 Å². The highest BCUT2D eigenvalue weighted by atomic mass is 127. The molecule has 1 N–H and O–H groups in total. The summed E-state index contributed by atoms with van der Waals surface area (Å²) in [5.74, 6) is 0.321. The number of piperidine rings is 2. The normalized spacial score (nSPS) is 20.8. The number of halogens is 4. The number of ether oxygens (including phenoxy) is 1. The third-order valence-electron chi connectivity index (χ3n) is 7.40. The highest BCUT2D eigenvalue weighted by molar-refractivity contribution is 14.1. The van der Waals surface area contributed by atoms with Crippen molar-refractivity contribution in [3.8, 4) is 5.88 Å². The van der Waals surface area contributed by atoms with Gasteiger partial charge >= 0.3 is 6.18 Å². The summed E-state index contributed by atoms with van der Waals surface area (Å²) in [7, 11) is 0. The first-order valence-electron chi connectivity index (χ1n) is 13.4. The number of pyridine rings is 2. The third kappa shape index (κ3) is 7.42. The Bertz CT molecular complexity index is 1250. The summed E-state index contributed by atoms with van der Waals surface area (Å²) >= 11 is 2.45. The van der Waals surface area contributed by atoms with Crippen LogP contribution >= 0.6 is 22.6 Å². The third-order valence-corrected chi connectivity index (χ3v) is 8.69. The lowest BCUT2D eigenvalue weighted by atomic mass is 10.0. The topological polar surface area (TPSA) is 70.6 Å². The first kappa shape index (κ1) is 28.6. The molecule has 2 aliphatic rings. The number of nitrogens with one attached hydrogen (secondary N) is 1. The van der Waals surface area contributed by atoms with Crippen LogP contribution in [0, 0.1) is 0 Å². The van der Waals surface area contributed by atoms with Crippen LogP contribution in [0.25, 0.3) is 0 Å². The molecule has 0 bridgehead atoms. The molecule has 11 heteroatoms. The van der Waals surface area contributed by atoms with E-state index in [0.717, 1.165) is 56.6 Å². The van der Waals surface area contributed by atoms with Crippen molar-refractivity contribution in [1.82, 2.24) is 20.2 Å². The number of likely N-dealkylation sites (tertiary alicyclic amines) is 1. The smallest absolute Gasteiger partial charge is 0.416 e.